The number of hydrogen-bond acceptors (Lipinski definition) is 5. The van der Waals surface area contributed by atoms with E-state index >= 15 is 0 Å². The number of anilines is 1. The van der Waals surface area contributed by atoms with Crippen molar-refractivity contribution in [1.29, 1.82) is 0 Å². The first-order valence-electron chi connectivity index (χ1n) is 12.0. The fourth-order valence-electron chi connectivity index (χ4n) is 4.95. The molecule has 2 aliphatic rings. The molecule has 0 spiro atoms. The summed E-state index contributed by atoms with van der Waals surface area (Å²) in [7, 11) is 1.65. The van der Waals surface area contributed by atoms with E-state index in [2.05, 4.69) is 22.3 Å². The first-order valence-corrected chi connectivity index (χ1v) is 12.0. The number of aliphatic hydroxyl groups is 2. The fourth-order valence-corrected chi connectivity index (χ4v) is 4.95. The molecule has 1 atom stereocenters. The summed E-state index contributed by atoms with van der Waals surface area (Å²) in [6.07, 6.45) is 1.52. The van der Waals surface area contributed by atoms with E-state index in [1.807, 2.05) is 12.1 Å². The van der Waals surface area contributed by atoms with E-state index in [0.717, 1.165) is 43.8 Å². The minimum atomic E-state index is -1.27. The van der Waals surface area contributed by atoms with Gasteiger partial charge in [-0.25, -0.2) is 13.6 Å². The third kappa shape index (κ3) is 6.09. The molecule has 0 aliphatic carbocycles. The van der Waals surface area contributed by atoms with Gasteiger partial charge in [0.2, 0.25) is 0 Å². The number of carbonyl (C=O) groups is 1. The molecule has 0 saturated carbocycles. The maximum absolute atomic E-state index is 13.4. The van der Waals surface area contributed by atoms with E-state index in [0.29, 0.717) is 12.5 Å². The van der Waals surface area contributed by atoms with Gasteiger partial charge >= 0.3 is 6.03 Å². The Kier molecular flexibility index (Phi) is 7.88. The van der Waals surface area contributed by atoms with Gasteiger partial charge in [0.25, 0.3) is 0 Å². The average Bonchev–Trinajstić information content (AvgIpc) is 2.87. The standard InChI is InChI=1S/C26H33F2N3O4/c1-35-21-5-2-18(3-6-21)19-8-12-30(13-9-19)17-24(32)26(34)10-14-31(15-11-26)25(33)29-20-4-7-22(27)23(28)16-20/h2-7,16,19,24,32,34H,8-15,17H2,1H3,(H,29,33). The van der Waals surface area contributed by atoms with Crippen LogP contribution in [0.1, 0.15) is 37.2 Å². The molecule has 35 heavy (non-hydrogen) atoms. The molecular formula is C26H33F2N3O4. The number of β-amino-alcohol motifs (C(OH)–C–C–N with tert-alkyl or cyclic N) is 1. The van der Waals surface area contributed by atoms with Crippen LogP contribution in [0.3, 0.4) is 0 Å². The van der Waals surface area contributed by atoms with Crippen molar-refractivity contribution in [3.63, 3.8) is 0 Å². The Bertz CT molecular complexity index is 1000. The summed E-state index contributed by atoms with van der Waals surface area (Å²) >= 11 is 0. The number of likely N-dealkylation sites (tertiary alicyclic amines) is 2. The van der Waals surface area contributed by atoms with Crippen LogP contribution >= 0.6 is 0 Å². The highest BCUT2D eigenvalue weighted by Crippen LogP contribution is 2.31. The van der Waals surface area contributed by atoms with E-state index in [1.54, 1.807) is 7.11 Å². The van der Waals surface area contributed by atoms with Gasteiger partial charge in [-0.15, -0.1) is 0 Å². The van der Waals surface area contributed by atoms with E-state index in [4.69, 9.17) is 4.74 Å². The Morgan fingerprint density at radius 2 is 1.74 bits per heavy atom. The van der Waals surface area contributed by atoms with Crippen LogP contribution < -0.4 is 10.1 Å². The predicted octanol–water partition coefficient (Wildman–Crippen LogP) is 3.57. The van der Waals surface area contributed by atoms with Gasteiger partial charge in [0, 0.05) is 31.4 Å². The topological polar surface area (TPSA) is 85.3 Å². The number of methoxy groups -OCH3 is 1. The molecule has 1 unspecified atom stereocenters. The number of benzene rings is 2. The molecule has 3 N–H and O–H groups in total. The van der Waals surface area contributed by atoms with Gasteiger partial charge in [-0.3, -0.25) is 0 Å². The number of aliphatic hydroxyl groups excluding tert-OH is 1. The Morgan fingerprint density at radius 1 is 1.09 bits per heavy atom. The number of nitrogens with one attached hydrogen (secondary N) is 1. The second-order valence-corrected chi connectivity index (χ2v) is 9.51. The Balaban J connectivity index is 1.23. The van der Waals surface area contributed by atoms with Crippen LogP contribution in [0.15, 0.2) is 42.5 Å². The summed E-state index contributed by atoms with van der Waals surface area (Å²) < 4.78 is 31.7. The van der Waals surface area contributed by atoms with Gasteiger partial charge in [0.1, 0.15) is 5.75 Å². The van der Waals surface area contributed by atoms with Crippen LogP contribution in [-0.4, -0.2) is 77.6 Å². The Labute approximate surface area is 204 Å². The number of hydrogen-bond donors (Lipinski definition) is 3. The zero-order valence-corrected chi connectivity index (χ0v) is 19.9. The molecule has 0 aromatic heterocycles. The first-order chi connectivity index (χ1) is 16.8. The normalized spacial score (nSPS) is 19.9. The lowest BCUT2D eigenvalue weighted by molar-refractivity contribution is -0.113. The number of ether oxygens (including phenoxy) is 1. The smallest absolute Gasteiger partial charge is 0.321 e. The summed E-state index contributed by atoms with van der Waals surface area (Å²) in [5.74, 6) is -0.707. The maximum atomic E-state index is 13.4. The molecular weight excluding hydrogens is 456 g/mol. The third-order valence-electron chi connectivity index (χ3n) is 7.31. The fraction of sp³-hybridized carbons (Fsp3) is 0.500. The van der Waals surface area contributed by atoms with Crippen molar-refractivity contribution < 1.29 is 28.5 Å². The number of nitrogens with zero attached hydrogens (tertiary/aromatic N) is 2. The summed E-state index contributed by atoms with van der Waals surface area (Å²) in [6, 6.07) is 10.9. The maximum Gasteiger partial charge on any atom is 0.321 e. The van der Waals surface area contributed by atoms with Crippen LogP contribution in [0.25, 0.3) is 0 Å². The molecule has 190 valence electrons. The highest BCUT2D eigenvalue weighted by molar-refractivity contribution is 5.89. The molecule has 2 aromatic rings. The molecule has 0 radical (unpaired) electrons. The van der Waals surface area contributed by atoms with Gasteiger partial charge in [0.05, 0.1) is 18.8 Å². The van der Waals surface area contributed by atoms with Crippen molar-refractivity contribution in [3.8, 4) is 5.75 Å². The van der Waals surface area contributed by atoms with Crippen molar-refractivity contribution in [3.05, 3.63) is 59.7 Å². The van der Waals surface area contributed by atoms with Crippen molar-refractivity contribution in [1.82, 2.24) is 9.80 Å². The summed E-state index contributed by atoms with van der Waals surface area (Å²) in [6.45, 7) is 2.57. The second-order valence-electron chi connectivity index (χ2n) is 9.51. The second kappa shape index (κ2) is 10.9. The number of halogens is 2. The lowest BCUT2D eigenvalue weighted by atomic mass is 9.84. The van der Waals surface area contributed by atoms with E-state index < -0.39 is 29.4 Å². The molecule has 9 heteroatoms. The molecule has 2 saturated heterocycles. The zero-order valence-electron chi connectivity index (χ0n) is 19.9. The molecule has 4 rings (SSSR count). The number of piperidine rings is 2. The van der Waals surface area contributed by atoms with Crippen LogP contribution in [-0.2, 0) is 0 Å². The van der Waals surface area contributed by atoms with Gasteiger partial charge in [-0.05, 0) is 74.5 Å². The van der Waals surface area contributed by atoms with Crippen molar-refractivity contribution in [2.75, 3.05) is 45.2 Å². The molecule has 2 aromatic carbocycles. The van der Waals surface area contributed by atoms with Crippen LogP contribution in [0, 0.1) is 11.6 Å². The number of rotatable bonds is 6. The number of amides is 2. The van der Waals surface area contributed by atoms with E-state index in [1.165, 1.54) is 16.5 Å². The predicted molar refractivity (Wildman–Crippen MR) is 129 cm³/mol. The molecule has 2 heterocycles. The van der Waals surface area contributed by atoms with E-state index in [-0.39, 0.29) is 31.6 Å². The lowest BCUT2D eigenvalue weighted by Gasteiger charge is -2.43. The summed E-state index contributed by atoms with van der Waals surface area (Å²) in [5.41, 5.74) is 0.178. The van der Waals surface area contributed by atoms with Gasteiger partial charge in [-0.1, -0.05) is 12.1 Å². The number of carbonyl (C=O) groups excluding carboxylic acids is 1. The van der Waals surface area contributed by atoms with Crippen molar-refractivity contribution in [2.45, 2.75) is 43.3 Å². The van der Waals surface area contributed by atoms with Gasteiger partial charge in [0.15, 0.2) is 11.6 Å². The van der Waals surface area contributed by atoms with Crippen molar-refractivity contribution >= 4 is 11.7 Å². The largest absolute Gasteiger partial charge is 0.497 e. The molecule has 2 amide bonds. The third-order valence-corrected chi connectivity index (χ3v) is 7.31. The minimum absolute atomic E-state index is 0.160. The monoisotopic (exact) mass is 489 g/mol. The van der Waals surface area contributed by atoms with Crippen LogP contribution in [0.5, 0.6) is 5.75 Å². The molecule has 2 fully saturated rings. The van der Waals surface area contributed by atoms with Gasteiger partial charge in [-0.2, -0.15) is 0 Å². The van der Waals surface area contributed by atoms with Gasteiger partial charge < -0.3 is 30.1 Å². The van der Waals surface area contributed by atoms with Crippen molar-refractivity contribution in [2.24, 2.45) is 0 Å². The average molecular weight is 490 g/mol. The van der Waals surface area contributed by atoms with E-state index in [9.17, 15) is 23.8 Å². The first kappa shape index (κ1) is 25.3. The summed E-state index contributed by atoms with van der Waals surface area (Å²) in [5, 5.41) is 24.5. The van der Waals surface area contributed by atoms with Crippen LogP contribution in [0.4, 0.5) is 19.3 Å². The molecule has 0 bridgehead atoms. The highest BCUT2D eigenvalue weighted by atomic mass is 19.2. The summed E-state index contributed by atoms with van der Waals surface area (Å²) in [4.78, 5) is 16.2. The molecule has 7 nitrogen and oxygen atoms in total. The zero-order chi connectivity index (χ0) is 25.0. The Morgan fingerprint density at radius 3 is 2.34 bits per heavy atom. The molecule has 2 aliphatic heterocycles. The minimum Gasteiger partial charge on any atom is -0.497 e. The lowest BCUT2D eigenvalue weighted by Crippen LogP contribution is -2.56. The quantitative estimate of drug-likeness (QED) is 0.578. The Hall–Kier alpha value is -2.75. The van der Waals surface area contributed by atoms with Crippen LogP contribution in [0.2, 0.25) is 0 Å². The highest BCUT2D eigenvalue weighted by Gasteiger charge is 2.41. The SMILES string of the molecule is COc1ccc(C2CCN(CC(O)C3(O)CCN(C(=O)Nc4ccc(F)c(F)c4)CC3)CC2)cc1. The number of urea groups is 1.